The summed E-state index contributed by atoms with van der Waals surface area (Å²) in [4.78, 5) is 28.5. The molecular formula is C29H32Cl3N3O4S. The third kappa shape index (κ3) is 7.69. The van der Waals surface area contributed by atoms with Crippen LogP contribution in [-0.4, -0.2) is 43.8 Å². The molecule has 0 fully saturated rings. The van der Waals surface area contributed by atoms with Gasteiger partial charge in [0, 0.05) is 17.6 Å². The lowest BCUT2D eigenvalue weighted by atomic mass is 10.1. The fourth-order valence-electron chi connectivity index (χ4n) is 3.97. The summed E-state index contributed by atoms with van der Waals surface area (Å²) < 4.78 is 28.8. The van der Waals surface area contributed by atoms with Crippen molar-refractivity contribution in [2.75, 3.05) is 10.8 Å². The number of hydrogen-bond donors (Lipinski definition) is 1. The molecule has 3 rings (SSSR count). The summed E-state index contributed by atoms with van der Waals surface area (Å²) >= 11 is 18.5. The number of rotatable bonds is 11. The maximum atomic E-state index is 14.0. The molecule has 0 bridgehead atoms. The Balaban J connectivity index is 2.07. The third-order valence-electron chi connectivity index (χ3n) is 6.56. The molecule has 0 saturated carbocycles. The zero-order chi connectivity index (χ0) is 29.6. The van der Waals surface area contributed by atoms with Crippen molar-refractivity contribution in [1.29, 1.82) is 0 Å². The number of nitrogens with zero attached hydrogens (tertiary/aromatic N) is 2. The van der Waals surface area contributed by atoms with Crippen molar-refractivity contribution >= 4 is 62.3 Å². The predicted molar refractivity (Wildman–Crippen MR) is 162 cm³/mol. The van der Waals surface area contributed by atoms with Gasteiger partial charge in [0.1, 0.15) is 12.6 Å². The van der Waals surface area contributed by atoms with E-state index >= 15 is 0 Å². The van der Waals surface area contributed by atoms with Gasteiger partial charge >= 0.3 is 0 Å². The molecule has 3 aromatic carbocycles. The van der Waals surface area contributed by atoms with Crippen molar-refractivity contribution in [3.8, 4) is 0 Å². The van der Waals surface area contributed by atoms with Gasteiger partial charge in [0.25, 0.3) is 10.0 Å². The van der Waals surface area contributed by atoms with E-state index in [4.69, 9.17) is 34.8 Å². The van der Waals surface area contributed by atoms with Gasteiger partial charge < -0.3 is 10.2 Å². The van der Waals surface area contributed by atoms with Crippen LogP contribution in [-0.2, 0) is 26.2 Å². The van der Waals surface area contributed by atoms with Gasteiger partial charge in [-0.3, -0.25) is 13.9 Å². The largest absolute Gasteiger partial charge is 0.352 e. The molecule has 7 nitrogen and oxygen atoms in total. The SMILES string of the molecule is CC[C@@H](C)NC(=O)[C@H](C)N(Cc1ccc(Cl)c(Cl)c1)C(=O)CN(c1cc(Cl)ccc1C)S(=O)(=O)c1ccccc1. The molecule has 2 amide bonds. The Bertz CT molecular complexity index is 1470. The Morgan fingerprint density at radius 1 is 0.925 bits per heavy atom. The molecule has 11 heteroatoms. The van der Waals surface area contributed by atoms with Crippen molar-refractivity contribution in [2.45, 2.75) is 57.6 Å². The predicted octanol–water partition coefficient (Wildman–Crippen LogP) is 6.48. The van der Waals surface area contributed by atoms with Gasteiger partial charge in [0.05, 0.1) is 20.6 Å². The van der Waals surface area contributed by atoms with Gasteiger partial charge in [-0.15, -0.1) is 0 Å². The quantitative estimate of drug-likeness (QED) is 0.265. The smallest absolute Gasteiger partial charge is 0.264 e. The average molecular weight is 625 g/mol. The van der Waals surface area contributed by atoms with Crippen LogP contribution in [0.1, 0.15) is 38.3 Å². The maximum absolute atomic E-state index is 14.0. The Morgan fingerprint density at radius 3 is 2.23 bits per heavy atom. The number of hydrogen-bond acceptors (Lipinski definition) is 4. The number of benzene rings is 3. The summed E-state index contributed by atoms with van der Waals surface area (Å²) in [7, 11) is -4.19. The first-order chi connectivity index (χ1) is 18.8. The van der Waals surface area contributed by atoms with Crippen LogP contribution in [0.15, 0.2) is 71.6 Å². The molecule has 2 atom stereocenters. The second-order valence-electron chi connectivity index (χ2n) is 9.52. The average Bonchev–Trinajstić information content (AvgIpc) is 2.93. The molecule has 0 saturated heterocycles. The van der Waals surface area contributed by atoms with Crippen molar-refractivity contribution in [2.24, 2.45) is 0 Å². The standard InChI is InChI=1S/C29H32Cl3N3O4S/c1-5-20(3)33-29(37)21(4)34(17-22-12-14-25(31)26(32)15-22)28(36)18-35(27-16-23(30)13-11-19(27)2)40(38,39)24-9-7-6-8-10-24/h6-16,20-21H,5,17-18H2,1-4H3,(H,33,37)/t20-,21+/m1/s1. The Kier molecular flexibility index (Phi) is 10.9. The second kappa shape index (κ2) is 13.7. The molecule has 0 aliphatic carbocycles. The van der Waals surface area contributed by atoms with E-state index in [1.54, 1.807) is 62.4 Å². The number of carbonyl (C=O) groups is 2. The molecule has 0 aromatic heterocycles. The monoisotopic (exact) mass is 623 g/mol. The van der Waals surface area contributed by atoms with Crippen LogP contribution in [0.5, 0.6) is 0 Å². The van der Waals surface area contributed by atoms with Gasteiger partial charge in [-0.2, -0.15) is 0 Å². The summed E-state index contributed by atoms with van der Waals surface area (Å²) in [6.45, 7) is 6.58. The number of nitrogens with one attached hydrogen (secondary N) is 1. The third-order valence-corrected chi connectivity index (χ3v) is 9.30. The normalized spacial score (nSPS) is 12.9. The zero-order valence-corrected chi connectivity index (χ0v) is 25.8. The van der Waals surface area contributed by atoms with E-state index in [0.29, 0.717) is 32.6 Å². The second-order valence-corrected chi connectivity index (χ2v) is 12.6. The lowest BCUT2D eigenvalue weighted by Gasteiger charge is -2.33. The first kappa shape index (κ1) is 31.7. The van der Waals surface area contributed by atoms with Gasteiger partial charge in [-0.05, 0) is 74.7 Å². The van der Waals surface area contributed by atoms with Crippen molar-refractivity contribution in [1.82, 2.24) is 10.2 Å². The van der Waals surface area contributed by atoms with Crippen molar-refractivity contribution < 1.29 is 18.0 Å². The van der Waals surface area contributed by atoms with Gasteiger partial charge in [0.2, 0.25) is 11.8 Å². The maximum Gasteiger partial charge on any atom is 0.264 e. The van der Waals surface area contributed by atoms with Crippen molar-refractivity contribution in [3.05, 3.63) is 92.9 Å². The van der Waals surface area contributed by atoms with E-state index in [2.05, 4.69) is 5.32 Å². The summed E-state index contributed by atoms with van der Waals surface area (Å²) in [6, 6.07) is 16.6. The summed E-state index contributed by atoms with van der Waals surface area (Å²) in [6.07, 6.45) is 0.705. The van der Waals surface area contributed by atoms with E-state index < -0.39 is 28.5 Å². The van der Waals surface area contributed by atoms with Crippen LogP contribution >= 0.6 is 34.8 Å². The van der Waals surface area contributed by atoms with Crippen molar-refractivity contribution in [3.63, 3.8) is 0 Å². The van der Waals surface area contributed by atoms with E-state index in [0.717, 1.165) is 4.31 Å². The van der Waals surface area contributed by atoms with Crippen LogP contribution in [0.2, 0.25) is 15.1 Å². The topological polar surface area (TPSA) is 86.8 Å². The van der Waals surface area contributed by atoms with Crippen LogP contribution in [0.4, 0.5) is 5.69 Å². The summed E-state index contributed by atoms with van der Waals surface area (Å²) in [5.41, 5.74) is 1.49. The molecule has 214 valence electrons. The highest BCUT2D eigenvalue weighted by atomic mass is 35.5. The van der Waals surface area contributed by atoms with Gasteiger partial charge in [-0.25, -0.2) is 8.42 Å². The molecule has 0 aliphatic rings. The van der Waals surface area contributed by atoms with Crippen LogP contribution in [0, 0.1) is 6.92 Å². The minimum Gasteiger partial charge on any atom is -0.352 e. The Labute approximate surface area is 251 Å². The lowest BCUT2D eigenvalue weighted by Crippen LogP contribution is -2.52. The number of amides is 2. The zero-order valence-electron chi connectivity index (χ0n) is 22.7. The Hall–Kier alpha value is -2.78. The fraction of sp³-hybridized carbons (Fsp3) is 0.310. The number of aryl methyl sites for hydroxylation is 1. The van der Waals surface area contributed by atoms with E-state index in [1.807, 2.05) is 13.8 Å². The van der Waals surface area contributed by atoms with E-state index in [-0.39, 0.29) is 29.1 Å². The molecule has 1 N–H and O–H groups in total. The van der Waals surface area contributed by atoms with E-state index in [9.17, 15) is 18.0 Å². The van der Waals surface area contributed by atoms with Crippen LogP contribution in [0.3, 0.4) is 0 Å². The minimum atomic E-state index is -4.19. The minimum absolute atomic E-state index is 0.00142. The molecule has 0 unspecified atom stereocenters. The lowest BCUT2D eigenvalue weighted by molar-refractivity contribution is -0.139. The molecule has 0 heterocycles. The first-order valence-corrected chi connectivity index (χ1v) is 15.3. The highest BCUT2D eigenvalue weighted by Crippen LogP contribution is 2.30. The first-order valence-electron chi connectivity index (χ1n) is 12.7. The molecule has 0 aliphatic heterocycles. The number of anilines is 1. The Morgan fingerprint density at radius 2 is 1.60 bits per heavy atom. The fourth-order valence-corrected chi connectivity index (χ4v) is 5.95. The van der Waals surface area contributed by atoms with Crippen LogP contribution < -0.4 is 9.62 Å². The number of halogens is 3. The summed E-state index contributed by atoms with van der Waals surface area (Å²) in [5, 5.41) is 3.86. The number of sulfonamides is 1. The van der Waals surface area contributed by atoms with Gasteiger partial charge in [0.15, 0.2) is 0 Å². The number of carbonyl (C=O) groups excluding carboxylic acids is 2. The van der Waals surface area contributed by atoms with Gasteiger partial charge in [-0.1, -0.05) is 72.1 Å². The molecule has 40 heavy (non-hydrogen) atoms. The molecule has 3 aromatic rings. The molecular weight excluding hydrogens is 593 g/mol. The highest BCUT2D eigenvalue weighted by molar-refractivity contribution is 7.92. The molecule has 0 spiro atoms. The van der Waals surface area contributed by atoms with Crippen LogP contribution in [0.25, 0.3) is 0 Å². The highest BCUT2D eigenvalue weighted by Gasteiger charge is 2.33. The van der Waals surface area contributed by atoms with E-state index in [1.165, 1.54) is 23.1 Å². The summed E-state index contributed by atoms with van der Waals surface area (Å²) in [5.74, 6) is -0.948. The molecule has 0 radical (unpaired) electrons.